The molecule has 3 rings (SSSR count). The van der Waals surface area contributed by atoms with E-state index in [1.165, 1.54) is 24.0 Å². The van der Waals surface area contributed by atoms with Crippen molar-refractivity contribution >= 4 is 58.3 Å². The molecule has 2 aromatic carbocycles. The first-order valence-electron chi connectivity index (χ1n) is 9.61. The number of hydrogen-bond acceptors (Lipinski definition) is 4. The van der Waals surface area contributed by atoms with Crippen molar-refractivity contribution < 1.29 is 14.4 Å². The van der Waals surface area contributed by atoms with Crippen molar-refractivity contribution in [1.29, 1.82) is 5.26 Å². The maximum Gasteiger partial charge on any atom is 0.325 e. The van der Waals surface area contributed by atoms with Crippen LogP contribution in [0.15, 0.2) is 36.4 Å². The zero-order chi connectivity index (χ0) is 23.6. The highest BCUT2D eigenvalue weighted by Gasteiger charge is 2.50. The van der Waals surface area contributed by atoms with Crippen LogP contribution in [0.3, 0.4) is 0 Å². The van der Waals surface area contributed by atoms with Gasteiger partial charge in [-0.25, -0.2) is 4.79 Å². The quantitative estimate of drug-likeness (QED) is 0.592. The molecule has 0 aliphatic carbocycles. The third kappa shape index (κ3) is 4.53. The van der Waals surface area contributed by atoms with E-state index in [1.807, 2.05) is 6.07 Å². The van der Waals surface area contributed by atoms with E-state index >= 15 is 0 Å². The van der Waals surface area contributed by atoms with Gasteiger partial charge in [0.15, 0.2) is 0 Å². The lowest BCUT2D eigenvalue weighted by Crippen LogP contribution is -2.45. The molecular weight excluding hydrogens is 475 g/mol. The van der Waals surface area contributed by atoms with Crippen LogP contribution in [0.2, 0.25) is 15.1 Å². The molecule has 1 heterocycles. The van der Waals surface area contributed by atoms with Gasteiger partial charge in [0.05, 0.1) is 22.5 Å². The largest absolute Gasteiger partial charge is 0.325 e. The average Bonchev–Trinajstić information content (AvgIpc) is 2.96. The van der Waals surface area contributed by atoms with E-state index in [9.17, 15) is 14.4 Å². The average molecular weight is 494 g/mol. The standard InChI is InChI=1S/C22H19Cl3N4O3/c1-13-10-15(5-7-16(13)23)28(9-3-8-26)19(30)12-29-20(31)22(2,27-21(29)32)14-4-6-17(24)18(25)11-14/h4-7,10-11H,3,9,12H2,1-2H3,(H,27,32). The van der Waals surface area contributed by atoms with Crippen LogP contribution in [0.25, 0.3) is 0 Å². The Labute approximate surface area is 200 Å². The van der Waals surface area contributed by atoms with Crippen LogP contribution in [0.1, 0.15) is 24.5 Å². The molecule has 1 N–H and O–H groups in total. The summed E-state index contributed by atoms with van der Waals surface area (Å²) in [6.07, 6.45) is 0.0779. The lowest BCUT2D eigenvalue weighted by atomic mass is 9.92. The highest BCUT2D eigenvalue weighted by molar-refractivity contribution is 6.42. The molecule has 2 aromatic rings. The van der Waals surface area contributed by atoms with Crippen molar-refractivity contribution in [3.05, 3.63) is 62.6 Å². The molecule has 32 heavy (non-hydrogen) atoms. The van der Waals surface area contributed by atoms with E-state index in [2.05, 4.69) is 5.32 Å². The molecule has 0 spiro atoms. The molecule has 1 unspecified atom stereocenters. The molecule has 1 aliphatic heterocycles. The Hall–Kier alpha value is -2.79. The number of nitriles is 1. The Balaban J connectivity index is 1.86. The fourth-order valence-electron chi connectivity index (χ4n) is 3.42. The number of amides is 4. The SMILES string of the molecule is Cc1cc(N(CCC#N)C(=O)CN2C(=O)NC(C)(c3ccc(Cl)c(Cl)c3)C2=O)ccc1Cl. The van der Waals surface area contributed by atoms with Gasteiger partial charge >= 0.3 is 6.03 Å². The van der Waals surface area contributed by atoms with Crippen LogP contribution in [0, 0.1) is 18.3 Å². The number of anilines is 1. The van der Waals surface area contributed by atoms with E-state index in [-0.39, 0.29) is 18.0 Å². The van der Waals surface area contributed by atoms with Crippen LogP contribution >= 0.6 is 34.8 Å². The number of nitrogens with one attached hydrogen (secondary N) is 1. The molecule has 1 saturated heterocycles. The number of hydrogen-bond donors (Lipinski definition) is 1. The van der Waals surface area contributed by atoms with Gasteiger partial charge in [0.2, 0.25) is 5.91 Å². The lowest BCUT2D eigenvalue weighted by Gasteiger charge is -2.25. The van der Waals surface area contributed by atoms with Crippen molar-refractivity contribution in [2.24, 2.45) is 0 Å². The summed E-state index contributed by atoms with van der Waals surface area (Å²) in [5.41, 5.74) is 0.308. The molecule has 4 amide bonds. The Bertz CT molecular complexity index is 1150. The zero-order valence-electron chi connectivity index (χ0n) is 17.3. The van der Waals surface area contributed by atoms with Gasteiger partial charge in [0, 0.05) is 17.3 Å². The number of imide groups is 1. The molecule has 10 heteroatoms. The van der Waals surface area contributed by atoms with Crippen molar-refractivity contribution in [2.45, 2.75) is 25.8 Å². The predicted molar refractivity (Wildman–Crippen MR) is 123 cm³/mol. The number of carbonyl (C=O) groups excluding carboxylic acids is 3. The van der Waals surface area contributed by atoms with Crippen LogP contribution in [-0.4, -0.2) is 35.8 Å². The number of urea groups is 1. The van der Waals surface area contributed by atoms with Gasteiger partial charge in [-0.3, -0.25) is 14.5 Å². The summed E-state index contributed by atoms with van der Waals surface area (Å²) in [4.78, 5) is 41.1. The zero-order valence-corrected chi connectivity index (χ0v) is 19.6. The molecule has 7 nitrogen and oxygen atoms in total. The molecule has 1 aliphatic rings. The van der Waals surface area contributed by atoms with Crippen molar-refractivity contribution in [1.82, 2.24) is 10.2 Å². The van der Waals surface area contributed by atoms with Crippen molar-refractivity contribution in [2.75, 3.05) is 18.0 Å². The Morgan fingerprint density at radius 3 is 2.44 bits per heavy atom. The maximum atomic E-state index is 13.2. The number of carbonyl (C=O) groups is 3. The predicted octanol–water partition coefficient (Wildman–Crippen LogP) is 4.67. The van der Waals surface area contributed by atoms with Gasteiger partial charge in [-0.1, -0.05) is 40.9 Å². The normalized spacial score (nSPS) is 17.8. The van der Waals surface area contributed by atoms with E-state index in [0.717, 1.165) is 10.5 Å². The molecule has 0 aromatic heterocycles. The molecule has 1 fully saturated rings. The molecular formula is C22H19Cl3N4O3. The van der Waals surface area contributed by atoms with Crippen LogP contribution < -0.4 is 10.2 Å². The highest BCUT2D eigenvalue weighted by Crippen LogP contribution is 2.33. The highest BCUT2D eigenvalue weighted by atomic mass is 35.5. The molecule has 0 bridgehead atoms. The minimum absolute atomic E-state index is 0.0779. The first-order chi connectivity index (χ1) is 15.1. The molecule has 0 saturated carbocycles. The Kier molecular flexibility index (Phi) is 6.99. The minimum Gasteiger partial charge on any atom is -0.319 e. The number of aryl methyl sites for hydroxylation is 1. The summed E-state index contributed by atoms with van der Waals surface area (Å²) >= 11 is 18.1. The molecule has 1 atom stereocenters. The van der Waals surface area contributed by atoms with Crippen LogP contribution in [0.4, 0.5) is 10.5 Å². The van der Waals surface area contributed by atoms with E-state index in [4.69, 9.17) is 40.1 Å². The van der Waals surface area contributed by atoms with Gasteiger partial charge in [0.1, 0.15) is 12.1 Å². The van der Waals surface area contributed by atoms with Crippen molar-refractivity contribution in [3.63, 3.8) is 0 Å². The second-order valence-electron chi connectivity index (χ2n) is 7.46. The number of rotatable bonds is 6. The number of benzene rings is 2. The van der Waals surface area contributed by atoms with Gasteiger partial charge in [-0.2, -0.15) is 5.26 Å². The Morgan fingerprint density at radius 2 is 1.81 bits per heavy atom. The van der Waals surface area contributed by atoms with Crippen molar-refractivity contribution in [3.8, 4) is 6.07 Å². The van der Waals surface area contributed by atoms with Gasteiger partial charge < -0.3 is 10.2 Å². The summed E-state index contributed by atoms with van der Waals surface area (Å²) in [5.74, 6) is -1.11. The summed E-state index contributed by atoms with van der Waals surface area (Å²) in [6.45, 7) is 2.94. The van der Waals surface area contributed by atoms with E-state index < -0.39 is 29.9 Å². The van der Waals surface area contributed by atoms with E-state index in [0.29, 0.717) is 21.3 Å². The second-order valence-corrected chi connectivity index (χ2v) is 8.68. The summed E-state index contributed by atoms with van der Waals surface area (Å²) in [7, 11) is 0. The summed E-state index contributed by atoms with van der Waals surface area (Å²) < 4.78 is 0. The van der Waals surface area contributed by atoms with Crippen LogP contribution in [-0.2, 0) is 15.1 Å². The molecule has 0 radical (unpaired) electrons. The fraction of sp³-hybridized carbons (Fsp3) is 0.273. The van der Waals surface area contributed by atoms with Gasteiger partial charge in [-0.15, -0.1) is 0 Å². The second kappa shape index (κ2) is 9.37. The van der Waals surface area contributed by atoms with E-state index in [1.54, 1.807) is 31.2 Å². The number of halogens is 3. The topological polar surface area (TPSA) is 93.5 Å². The first kappa shape index (κ1) is 23.9. The minimum atomic E-state index is -1.40. The van der Waals surface area contributed by atoms with Gasteiger partial charge in [-0.05, 0) is 55.3 Å². The fourth-order valence-corrected chi connectivity index (χ4v) is 3.84. The lowest BCUT2D eigenvalue weighted by molar-refractivity contribution is -0.134. The first-order valence-corrected chi connectivity index (χ1v) is 10.7. The third-order valence-electron chi connectivity index (χ3n) is 5.27. The smallest absolute Gasteiger partial charge is 0.319 e. The summed E-state index contributed by atoms with van der Waals surface area (Å²) in [6, 6.07) is 10.9. The number of nitrogens with zero attached hydrogens (tertiary/aromatic N) is 3. The third-order valence-corrected chi connectivity index (χ3v) is 6.43. The summed E-state index contributed by atoms with van der Waals surface area (Å²) in [5, 5.41) is 12.7. The van der Waals surface area contributed by atoms with Gasteiger partial charge in [0.25, 0.3) is 5.91 Å². The monoisotopic (exact) mass is 492 g/mol. The molecule has 166 valence electrons. The van der Waals surface area contributed by atoms with Crippen LogP contribution in [0.5, 0.6) is 0 Å². The Morgan fingerprint density at radius 1 is 1.12 bits per heavy atom. The maximum absolute atomic E-state index is 13.2.